The van der Waals surface area contributed by atoms with Gasteiger partial charge in [0.15, 0.2) is 6.10 Å². The van der Waals surface area contributed by atoms with Crippen molar-refractivity contribution in [3.63, 3.8) is 0 Å². The molecule has 2 N–H and O–H groups in total. The predicted octanol–water partition coefficient (Wildman–Crippen LogP) is 2.64. The number of hydrogen-bond acceptors (Lipinski definition) is 4. The highest BCUT2D eigenvalue weighted by Crippen LogP contribution is 2.60. The molecule has 1 aromatic rings. The molecule has 0 radical (unpaired) electrons. The van der Waals surface area contributed by atoms with Gasteiger partial charge in [0, 0.05) is 25.4 Å². The molecule has 32 heavy (non-hydrogen) atoms. The standard InChI is InChI=1S/C25H33N3O4/c1-26-23(30)21-15-28(19-5-2-3-6-20(19)32-21)22(29)7-4-8-27-24(31)25-12-16-9-17(13-25)11-18(10-16)14-25/h2-3,5-6,16-18,21H,4,7-15H2,1H3,(H,26,30)(H,27,31)/t16?,17?,18?,21-,25?/m0/s1. The van der Waals surface area contributed by atoms with Crippen molar-refractivity contribution in [1.82, 2.24) is 10.6 Å². The Morgan fingerprint density at radius 2 is 1.72 bits per heavy atom. The maximum atomic E-state index is 13.1. The molecule has 1 heterocycles. The maximum absolute atomic E-state index is 13.1. The molecule has 4 saturated carbocycles. The van der Waals surface area contributed by atoms with Gasteiger partial charge in [-0.2, -0.15) is 0 Å². The molecule has 0 unspecified atom stereocenters. The van der Waals surface area contributed by atoms with Crippen LogP contribution >= 0.6 is 0 Å². The lowest BCUT2D eigenvalue weighted by Crippen LogP contribution is -2.53. The number of benzene rings is 1. The van der Waals surface area contributed by atoms with E-state index in [1.54, 1.807) is 18.0 Å². The highest BCUT2D eigenvalue weighted by molar-refractivity contribution is 5.97. The monoisotopic (exact) mass is 439 g/mol. The molecule has 6 rings (SSSR count). The van der Waals surface area contributed by atoms with Crippen LogP contribution in [0.2, 0.25) is 0 Å². The average molecular weight is 440 g/mol. The fraction of sp³-hybridized carbons (Fsp3) is 0.640. The first-order chi connectivity index (χ1) is 15.5. The second-order valence-corrected chi connectivity index (χ2v) is 10.3. The third-order valence-electron chi connectivity index (χ3n) is 7.99. The molecule has 3 amide bonds. The first-order valence-corrected chi connectivity index (χ1v) is 12.0. The minimum atomic E-state index is -0.727. The average Bonchev–Trinajstić information content (AvgIpc) is 2.79. The van der Waals surface area contributed by atoms with Crippen molar-refractivity contribution in [1.29, 1.82) is 0 Å². The highest BCUT2D eigenvalue weighted by Gasteiger charge is 2.54. The number of amides is 3. The quantitative estimate of drug-likeness (QED) is 0.667. The molecule has 1 aliphatic heterocycles. The van der Waals surface area contributed by atoms with Crippen LogP contribution in [-0.2, 0) is 14.4 Å². The van der Waals surface area contributed by atoms with Crippen molar-refractivity contribution in [2.45, 2.75) is 57.5 Å². The highest BCUT2D eigenvalue weighted by atomic mass is 16.5. The van der Waals surface area contributed by atoms with Crippen molar-refractivity contribution in [2.75, 3.05) is 25.0 Å². The van der Waals surface area contributed by atoms with Crippen LogP contribution in [0.5, 0.6) is 5.75 Å². The normalized spacial score (nSPS) is 32.1. The Balaban J connectivity index is 1.16. The molecule has 172 valence electrons. The number of hydrogen-bond donors (Lipinski definition) is 2. The molecule has 5 aliphatic rings. The van der Waals surface area contributed by atoms with Crippen LogP contribution in [0.25, 0.3) is 0 Å². The van der Waals surface area contributed by atoms with E-state index in [1.807, 2.05) is 18.2 Å². The zero-order valence-corrected chi connectivity index (χ0v) is 18.8. The van der Waals surface area contributed by atoms with E-state index in [-0.39, 0.29) is 29.7 Å². The summed E-state index contributed by atoms with van der Waals surface area (Å²) < 4.78 is 5.78. The van der Waals surface area contributed by atoms with E-state index in [2.05, 4.69) is 10.6 Å². The number of ether oxygens (including phenoxy) is 1. The molecule has 7 heteroatoms. The Morgan fingerprint density at radius 3 is 2.38 bits per heavy atom. The largest absolute Gasteiger partial charge is 0.477 e. The lowest BCUT2D eigenvalue weighted by molar-refractivity contribution is -0.146. The van der Waals surface area contributed by atoms with Gasteiger partial charge in [0.1, 0.15) is 5.75 Å². The molecule has 7 nitrogen and oxygen atoms in total. The summed E-state index contributed by atoms with van der Waals surface area (Å²) in [5.41, 5.74) is 0.540. The number of likely N-dealkylation sites (N-methyl/N-ethyl adjacent to an activating group) is 1. The number of rotatable bonds is 6. The Morgan fingerprint density at radius 1 is 1.06 bits per heavy atom. The van der Waals surface area contributed by atoms with E-state index < -0.39 is 6.10 Å². The van der Waals surface area contributed by atoms with Crippen LogP contribution in [0.15, 0.2) is 24.3 Å². The molecule has 1 aromatic carbocycles. The Hall–Kier alpha value is -2.57. The number of carbonyl (C=O) groups excluding carboxylic acids is 3. The minimum Gasteiger partial charge on any atom is -0.477 e. The van der Waals surface area contributed by atoms with E-state index >= 15 is 0 Å². The van der Waals surface area contributed by atoms with Gasteiger partial charge in [0.25, 0.3) is 5.91 Å². The SMILES string of the molecule is CNC(=O)[C@@H]1CN(C(=O)CCCNC(=O)C23CC4CC(CC(C4)C2)C3)c2ccccc2O1. The second kappa shape index (κ2) is 8.41. The third-order valence-corrected chi connectivity index (χ3v) is 7.99. The van der Waals surface area contributed by atoms with Gasteiger partial charge in [-0.05, 0) is 74.8 Å². The smallest absolute Gasteiger partial charge is 0.262 e. The van der Waals surface area contributed by atoms with Gasteiger partial charge in [-0.25, -0.2) is 0 Å². The van der Waals surface area contributed by atoms with E-state index in [1.165, 1.54) is 19.3 Å². The molecule has 4 aliphatic carbocycles. The van der Waals surface area contributed by atoms with Crippen LogP contribution < -0.4 is 20.3 Å². The van der Waals surface area contributed by atoms with Gasteiger partial charge in [-0.1, -0.05) is 12.1 Å². The molecular weight excluding hydrogens is 406 g/mol. The number of para-hydroxylation sites is 2. The molecule has 0 spiro atoms. The van der Waals surface area contributed by atoms with Gasteiger partial charge in [0.05, 0.1) is 12.2 Å². The lowest BCUT2D eigenvalue weighted by Gasteiger charge is -2.55. The van der Waals surface area contributed by atoms with E-state index in [0.717, 1.165) is 37.0 Å². The van der Waals surface area contributed by atoms with Crippen LogP contribution in [0.1, 0.15) is 51.4 Å². The van der Waals surface area contributed by atoms with Crippen molar-refractivity contribution in [2.24, 2.45) is 23.2 Å². The number of nitrogens with one attached hydrogen (secondary N) is 2. The van der Waals surface area contributed by atoms with E-state index in [4.69, 9.17) is 4.74 Å². The first-order valence-electron chi connectivity index (χ1n) is 12.0. The van der Waals surface area contributed by atoms with Crippen molar-refractivity contribution >= 4 is 23.4 Å². The molecule has 0 saturated heterocycles. The molecule has 0 aromatic heterocycles. The summed E-state index contributed by atoms with van der Waals surface area (Å²) in [7, 11) is 1.56. The summed E-state index contributed by atoms with van der Waals surface area (Å²) in [6.45, 7) is 0.701. The minimum absolute atomic E-state index is 0.0568. The predicted molar refractivity (Wildman–Crippen MR) is 120 cm³/mol. The maximum Gasteiger partial charge on any atom is 0.262 e. The van der Waals surface area contributed by atoms with Crippen LogP contribution in [0, 0.1) is 23.2 Å². The number of nitrogens with zero attached hydrogens (tertiary/aromatic N) is 1. The molecule has 4 fully saturated rings. The van der Waals surface area contributed by atoms with Gasteiger partial charge in [-0.15, -0.1) is 0 Å². The number of fused-ring (bicyclic) bond motifs is 1. The third kappa shape index (κ3) is 3.86. The first kappa shape index (κ1) is 21.3. The summed E-state index contributed by atoms with van der Waals surface area (Å²) >= 11 is 0. The van der Waals surface area contributed by atoms with Gasteiger partial charge in [-0.3, -0.25) is 14.4 Å². The topological polar surface area (TPSA) is 87.7 Å². The number of anilines is 1. The fourth-order valence-electron chi connectivity index (χ4n) is 6.92. The summed E-state index contributed by atoms with van der Waals surface area (Å²) in [6, 6.07) is 7.29. The Labute approximate surface area is 189 Å². The zero-order valence-electron chi connectivity index (χ0n) is 18.8. The Bertz CT molecular complexity index is 879. The molecule has 1 atom stereocenters. The zero-order chi connectivity index (χ0) is 22.3. The van der Waals surface area contributed by atoms with Crippen LogP contribution in [0.4, 0.5) is 5.69 Å². The number of carbonyl (C=O) groups is 3. The van der Waals surface area contributed by atoms with Crippen molar-refractivity contribution in [3.05, 3.63) is 24.3 Å². The lowest BCUT2D eigenvalue weighted by atomic mass is 9.49. The summed E-state index contributed by atoms with van der Waals surface area (Å²) in [5, 5.41) is 5.75. The molecule has 4 bridgehead atoms. The van der Waals surface area contributed by atoms with Crippen molar-refractivity contribution in [3.8, 4) is 5.75 Å². The van der Waals surface area contributed by atoms with Crippen LogP contribution in [-0.4, -0.2) is 44.0 Å². The van der Waals surface area contributed by atoms with Gasteiger partial charge >= 0.3 is 0 Å². The van der Waals surface area contributed by atoms with E-state index in [9.17, 15) is 14.4 Å². The second-order valence-electron chi connectivity index (χ2n) is 10.3. The van der Waals surface area contributed by atoms with Crippen molar-refractivity contribution < 1.29 is 19.1 Å². The Kier molecular flexibility index (Phi) is 5.59. The summed E-state index contributed by atoms with van der Waals surface area (Å²) in [4.78, 5) is 39.9. The van der Waals surface area contributed by atoms with E-state index in [0.29, 0.717) is 30.8 Å². The van der Waals surface area contributed by atoms with Crippen LogP contribution in [0.3, 0.4) is 0 Å². The molecular formula is C25H33N3O4. The van der Waals surface area contributed by atoms with Gasteiger partial charge in [0.2, 0.25) is 11.8 Å². The summed E-state index contributed by atoms with van der Waals surface area (Å²) in [5.74, 6) is 2.66. The van der Waals surface area contributed by atoms with Gasteiger partial charge < -0.3 is 20.3 Å². The fourth-order valence-corrected chi connectivity index (χ4v) is 6.92. The summed E-state index contributed by atoms with van der Waals surface area (Å²) in [6.07, 6.45) is 7.28.